The fraction of sp³-hybridized carbons (Fsp3) is 0.312. The van der Waals surface area contributed by atoms with Crippen LogP contribution in [0.5, 0.6) is 0 Å². The van der Waals surface area contributed by atoms with E-state index in [1.54, 1.807) is 0 Å². The molecule has 100 valence electrons. The standard InChI is InChI=1S/C16H21N3/c1-4-17-12-14-11-15(9-10-18-14)19(3)16-8-6-5-7-13(16)2/h5-11,17H,4,12H2,1-3H3. The van der Waals surface area contributed by atoms with Crippen molar-refractivity contribution in [2.24, 2.45) is 0 Å². The third-order valence-electron chi connectivity index (χ3n) is 3.22. The lowest BCUT2D eigenvalue weighted by molar-refractivity contribution is 0.710. The molecule has 0 atom stereocenters. The van der Waals surface area contributed by atoms with Crippen molar-refractivity contribution in [1.82, 2.24) is 10.3 Å². The molecule has 3 nitrogen and oxygen atoms in total. The van der Waals surface area contributed by atoms with E-state index >= 15 is 0 Å². The highest BCUT2D eigenvalue weighted by molar-refractivity contribution is 5.65. The van der Waals surface area contributed by atoms with Gasteiger partial charge in [-0.1, -0.05) is 25.1 Å². The number of nitrogens with one attached hydrogen (secondary N) is 1. The molecule has 1 aromatic carbocycles. The second-order valence-corrected chi connectivity index (χ2v) is 4.63. The second kappa shape index (κ2) is 6.34. The highest BCUT2D eigenvalue weighted by atomic mass is 15.1. The first-order valence-electron chi connectivity index (χ1n) is 6.67. The van der Waals surface area contributed by atoms with Crippen molar-refractivity contribution in [3.8, 4) is 0 Å². The second-order valence-electron chi connectivity index (χ2n) is 4.63. The largest absolute Gasteiger partial charge is 0.344 e. The summed E-state index contributed by atoms with van der Waals surface area (Å²) in [5.41, 5.74) is 4.73. The maximum atomic E-state index is 4.39. The van der Waals surface area contributed by atoms with Crippen molar-refractivity contribution < 1.29 is 0 Å². The number of benzene rings is 1. The zero-order valence-corrected chi connectivity index (χ0v) is 11.9. The lowest BCUT2D eigenvalue weighted by atomic mass is 10.1. The van der Waals surface area contributed by atoms with Gasteiger partial charge in [-0.3, -0.25) is 4.98 Å². The van der Waals surface area contributed by atoms with Crippen molar-refractivity contribution in [2.75, 3.05) is 18.5 Å². The number of rotatable bonds is 5. The van der Waals surface area contributed by atoms with E-state index in [4.69, 9.17) is 0 Å². The van der Waals surface area contributed by atoms with Gasteiger partial charge in [-0.15, -0.1) is 0 Å². The summed E-state index contributed by atoms with van der Waals surface area (Å²) >= 11 is 0. The normalized spacial score (nSPS) is 10.5. The summed E-state index contributed by atoms with van der Waals surface area (Å²) in [6.45, 7) is 6.00. The number of para-hydroxylation sites is 1. The van der Waals surface area contributed by atoms with Crippen molar-refractivity contribution in [2.45, 2.75) is 20.4 Å². The molecule has 0 saturated carbocycles. The number of pyridine rings is 1. The highest BCUT2D eigenvalue weighted by Gasteiger charge is 2.07. The number of hydrogen-bond donors (Lipinski definition) is 1. The van der Waals surface area contributed by atoms with Crippen LogP contribution in [0.15, 0.2) is 42.6 Å². The van der Waals surface area contributed by atoms with E-state index in [2.05, 4.69) is 66.4 Å². The molecule has 0 aliphatic rings. The third-order valence-corrected chi connectivity index (χ3v) is 3.22. The first-order valence-corrected chi connectivity index (χ1v) is 6.67. The molecular formula is C16H21N3. The van der Waals surface area contributed by atoms with Crippen molar-refractivity contribution in [1.29, 1.82) is 0 Å². The molecule has 2 aromatic rings. The Balaban J connectivity index is 2.24. The van der Waals surface area contributed by atoms with Crippen molar-refractivity contribution in [3.63, 3.8) is 0 Å². The summed E-state index contributed by atoms with van der Waals surface area (Å²) in [6, 6.07) is 12.6. The first kappa shape index (κ1) is 13.6. The van der Waals surface area contributed by atoms with Crippen LogP contribution in [0, 0.1) is 6.92 Å². The van der Waals surface area contributed by atoms with Gasteiger partial charge >= 0.3 is 0 Å². The Kier molecular flexibility index (Phi) is 4.53. The Hall–Kier alpha value is -1.87. The zero-order valence-electron chi connectivity index (χ0n) is 11.9. The van der Waals surface area contributed by atoms with E-state index in [0.717, 1.165) is 24.5 Å². The van der Waals surface area contributed by atoms with Gasteiger partial charge < -0.3 is 10.2 Å². The smallest absolute Gasteiger partial charge is 0.0562 e. The molecule has 0 saturated heterocycles. The molecule has 19 heavy (non-hydrogen) atoms. The Labute approximate surface area is 115 Å². The average Bonchev–Trinajstić information content (AvgIpc) is 2.45. The molecule has 0 aliphatic carbocycles. The highest BCUT2D eigenvalue weighted by Crippen LogP contribution is 2.26. The van der Waals surface area contributed by atoms with E-state index in [9.17, 15) is 0 Å². The van der Waals surface area contributed by atoms with Gasteiger partial charge in [-0.2, -0.15) is 0 Å². The van der Waals surface area contributed by atoms with Crippen LogP contribution in [-0.4, -0.2) is 18.6 Å². The summed E-state index contributed by atoms with van der Waals surface area (Å²) < 4.78 is 0. The van der Waals surface area contributed by atoms with Gasteiger partial charge in [-0.05, 0) is 37.2 Å². The fourth-order valence-corrected chi connectivity index (χ4v) is 2.10. The summed E-state index contributed by atoms with van der Waals surface area (Å²) in [5.74, 6) is 0. The van der Waals surface area contributed by atoms with E-state index in [-0.39, 0.29) is 0 Å². The Morgan fingerprint density at radius 2 is 2.00 bits per heavy atom. The predicted molar refractivity (Wildman–Crippen MR) is 80.9 cm³/mol. The van der Waals surface area contributed by atoms with E-state index in [0.29, 0.717) is 0 Å². The number of aryl methyl sites for hydroxylation is 1. The third kappa shape index (κ3) is 3.32. The minimum Gasteiger partial charge on any atom is -0.344 e. The lowest BCUT2D eigenvalue weighted by Crippen LogP contribution is -2.15. The number of hydrogen-bond acceptors (Lipinski definition) is 3. The van der Waals surface area contributed by atoms with E-state index in [1.165, 1.54) is 11.3 Å². The minimum absolute atomic E-state index is 0.811. The maximum Gasteiger partial charge on any atom is 0.0562 e. The monoisotopic (exact) mass is 255 g/mol. The quantitative estimate of drug-likeness (QED) is 0.888. The fourth-order valence-electron chi connectivity index (χ4n) is 2.10. The van der Waals surface area contributed by atoms with Crippen LogP contribution >= 0.6 is 0 Å². The van der Waals surface area contributed by atoms with Gasteiger partial charge in [0.15, 0.2) is 0 Å². The van der Waals surface area contributed by atoms with Crippen LogP contribution < -0.4 is 10.2 Å². The van der Waals surface area contributed by atoms with Gasteiger partial charge in [0.05, 0.1) is 5.69 Å². The summed E-state index contributed by atoms with van der Waals surface area (Å²) in [5, 5.41) is 3.30. The lowest BCUT2D eigenvalue weighted by Gasteiger charge is -2.22. The molecule has 3 heteroatoms. The van der Waals surface area contributed by atoms with Gasteiger partial charge in [-0.25, -0.2) is 0 Å². The van der Waals surface area contributed by atoms with Gasteiger partial charge in [0.2, 0.25) is 0 Å². The molecule has 0 aliphatic heterocycles. The van der Waals surface area contributed by atoms with Crippen LogP contribution in [0.4, 0.5) is 11.4 Å². The van der Waals surface area contributed by atoms with Crippen LogP contribution in [0.25, 0.3) is 0 Å². The number of aromatic nitrogens is 1. The molecule has 0 amide bonds. The molecule has 1 aromatic heterocycles. The average molecular weight is 255 g/mol. The Morgan fingerprint density at radius 1 is 1.21 bits per heavy atom. The molecule has 0 bridgehead atoms. The zero-order chi connectivity index (χ0) is 13.7. The topological polar surface area (TPSA) is 28.2 Å². The predicted octanol–water partition coefficient (Wildman–Crippen LogP) is 3.27. The van der Waals surface area contributed by atoms with Crippen LogP contribution in [-0.2, 0) is 6.54 Å². The Bertz CT molecular complexity index is 537. The molecule has 1 heterocycles. The first-order chi connectivity index (χ1) is 9.22. The number of anilines is 2. The molecule has 0 unspecified atom stereocenters. The van der Waals surface area contributed by atoms with Gasteiger partial charge in [0.25, 0.3) is 0 Å². The number of nitrogens with zero attached hydrogens (tertiary/aromatic N) is 2. The molecule has 2 rings (SSSR count). The molecular weight excluding hydrogens is 234 g/mol. The summed E-state index contributed by atoms with van der Waals surface area (Å²) in [7, 11) is 2.09. The van der Waals surface area contributed by atoms with E-state index in [1.807, 2.05) is 12.3 Å². The van der Waals surface area contributed by atoms with Gasteiger partial charge in [0, 0.05) is 31.2 Å². The summed E-state index contributed by atoms with van der Waals surface area (Å²) in [4.78, 5) is 6.59. The Morgan fingerprint density at radius 3 is 2.74 bits per heavy atom. The minimum atomic E-state index is 0.811. The van der Waals surface area contributed by atoms with Crippen molar-refractivity contribution in [3.05, 3.63) is 53.9 Å². The van der Waals surface area contributed by atoms with Crippen LogP contribution in [0.3, 0.4) is 0 Å². The molecule has 1 N–H and O–H groups in total. The molecule has 0 spiro atoms. The molecule has 0 fully saturated rings. The van der Waals surface area contributed by atoms with Gasteiger partial charge in [0.1, 0.15) is 0 Å². The van der Waals surface area contributed by atoms with Crippen LogP contribution in [0.2, 0.25) is 0 Å². The SMILES string of the molecule is CCNCc1cc(N(C)c2ccccc2C)ccn1. The summed E-state index contributed by atoms with van der Waals surface area (Å²) in [6.07, 6.45) is 1.87. The van der Waals surface area contributed by atoms with Crippen molar-refractivity contribution >= 4 is 11.4 Å². The molecule has 0 radical (unpaired) electrons. The van der Waals surface area contributed by atoms with Crippen LogP contribution in [0.1, 0.15) is 18.2 Å². The maximum absolute atomic E-state index is 4.39. The van der Waals surface area contributed by atoms with E-state index < -0.39 is 0 Å².